The van der Waals surface area contributed by atoms with Crippen molar-refractivity contribution in [3.05, 3.63) is 170 Å². The van der Waals surface area contributed by atoms with Gasteiger partial charge in [0.15, 0.2) is 0 Å². The second kappa shape index (κ2) is 15.9. The number of aromatic carboxylic acids is 1. The molecule has 0 radical (unpaired) electrons. The molecule has 6 rings (SSSR count). The van der Waals surface area contributed by atoms with Crippen molar-refractivity contribution >= 4 is 61.7 Å². The first-order valence-corrected chi connectivity index (χ1v) is 18.8. The molecule has 1 aromatic heterocycles. The first-order valence-electron chi connectivity index (χ1n) is 16.0. The fourth-order valence-corrected chi connectivity index (χ4v) is 7.89. The van der Waals surface area contributed by atoms with Crippen LogP contribution in [0.1, 0.15) is 44.3 Å². The van der Waals surface area contributed by atoms with E-state index in [0.717, 1.165) is 39.4 Å². The van der Waals surface area contributed by atoms with Crippen molar-refractivity contribution in [2.75, 3.05) is 13.2 Å². The summed E-state index contributed by atoms with van der Waals surface area (Å²) in [5.74, 6) is -2.36. The number of carboxylic acids is 1. The minimum atomic E-state index is -3.77. The van der Waals surface area contributed by atoms with Crippen LogP contribution in [0, 0.1) is 5.82 Å². The summed E-state index contributed by atoms with van der Waals surface area (Å²) in [5.41, 5.74) is 4.73. The lowest BCUT2D eigenvalue weighted by molar-refractivity contribution is 0.0691. The van der Waals surface area contributed by atoms with Crippen LogP contribution in [0.3, 0.4) is 0 Å². The minimum Gasteiger partial charge on any atom is -0.493 e. The molecule has 1 heterocycles. The minimum absolute atomic E-state index is 0.0831. The fourth-order valence-electron chi connectivity index (χ4n) is 6.27. The highest BCUT2D eigenvalue weighted by Crippen LogP contribution is 2.38. The van der Waals surface area contributed by atoms with E-state index in [1.165, 1.54) is 18.2 Å². The topological polar surface area (TPSA) is 97.6 Å². The maximum absolute atomic E-state index is 14.4. The van der Waals surface area contributed by atoms with Crippen molar-refractivity contribution in [2.45, 2.75) is 24.6 Å². The van der Waals surface area contributed by atoms with Gasteiger partial charge in [0.25, 0.3) is 0 Å². The Hall–Kier alpha value is -4.38. The number of benzene rings is 5. The van der Waals surface area contributed by atoms with Crippen LogP contribution in [0.5, 0.6) is 5.75 Å². The van der Waals surface area contributed by atoms with E-state index in [0.29, 0.717) is 28.5 Å². The van der Waals surface area contributed by atoms with E-state index in [4.69, 9.17) is 39.5 Å². The van der Waals surface area contributed by atoms with Gasteiger partial charge in [-0.2, -0.15) is 0 Å². The molecule has 6 aromatic rings. The summed E-state index contributed by atoms with van der Waals surface area (Å²) >= 11 is 18.7. The summed E-state index contributed by atoms with van der Waals surface area (Å²) in [4.78, 5) is 11.3. The number of carbonyl (C=O) groups is 1. The molecule has 12 heteroatoms. The Kier molecular flexibility index (Phi) is 11.3. The summed E-state index contributed by atoms with van der Waals surface area (Å²) in [5, 5.41) is 11.2. The number of halogens is 4. The van der Waals surface area contributed by atoms with Crippen LogP contribution < -0.4 is 9.46 Å². The number of nitrogens with zero attached hydrogens (tertiary/aromatic N) is 1. The van der Waals surface area contributed by atoms with Crippen LogP contribution in [0.4, 0.5) is 4.39 Å². The van der Waals surface area contributed by atoms with Crippen LogP contribution in [0.25, 0.3) is 10.9 Å². The molecule has 0 aliphatic carbocycles. The Morgan fingerprint density at radius 1 is 0.824 bits per heavy atom. The summed E-state index contributed by atoms with van der Waals surface area (Å²) < 4.78 is 51.9. The Morgan fingerprint density at radius 2 is 1.51 bits per heavy atom. The van der Waals surface area contributed by atoms with Gasteiger partial charge in [-0.05, 0) is 64.7 Å². The highest BCUT2D eigenvalue weighted by molar-refractivity contribution is 7.88. The van der Waals surface area contributed by atoms with Crippen molar-refractivity contribution in [2.24, 2.45) is 0 Å². The number of fused-ring (bicyclic) bond motifs is 1. The second-order valence-corrected chi connectivity index (χ2v) is 14.9. The number of carboxylic acid groups (broad SMARTS) is 1. The molecule has 7 nitrogen and oxygen atoms in total. The second-order valence-electron chi connectivity index (χ2n) is 11.9. The summed E-state index contributed by atoms with van der Waals surface area (Å²) in [6.45, 7) is 0.203. The quantitative estimate of drug-likeness (QED) is 0.115. The van der Waals surface area contributed by atoms with Crippen LogP contribution in [0.2, 0.25) is 15.1 Å². The van der Waals surface area contributed by atoms with Crippen LogP contribution >= 0.6 is 34.8 Å². The molecule has 0 saturated carbocycles. The maximum atomic E-state index is 14.4. The molecule has 51 heavy (non-hydrogen) atoms. The van der Waals surface area contributed by atoms with Gasteiger partial charge in [-0.25, -0.2) is 22.3 Å². The summed E-state index contributed by atoms with van der Waals surface area (Å²) in [7, 11) is -3.77. The monoisotopic (exact) mass is 764 g/mol. The van der Waals surface area contributed by atoms with Gasteiger partial charge in [-0.15, -0.1) is 0 Å². The number of rotatable bonds is 14. The van der Waals surface area contributed by atoms with Crippen LogP contribution in [-0.4, -0.2) is 37.2 Å². The fraction of sp³-hybridized carbons (Fsp3) is 0.154. The molecular weight excluding hydrogens is 734 g/mol. The normalized spacial score (nSPS) is 11.7. The molecule has 0 saturated heterocycles. The third-order valence-corrected chi connectivity index (χ3v) is 10.8. The molecular formula is C39H32Cl3FN2O5S. The Bertz CT molecular complexity index is 2260. The van der Waals surface area contributed by atoms with Gasteiger partial charge in [0.2, 0.25) is 10.0 Å². The molecule has 262 valence electrons. The standard InChI is InChI=1S/C39H32Cl3FN2O5S/c40-28-12-16-36-32(22-28)30(18-20-50-29-13-14-31(39(46)47)35(43)23-29)37(17-19-44-51(48,49)24-25-11-15-33(41)34(42)21-25)45(36)38(26-7-3-1-4-8-26)27-9-5-2-6-10-27/h1-16,21-23,38,44H,17-20,24H2,(H,46,47). The lowest BCUT2D eigenvalue weighted by Gasteiger charge is -2.25. The van der Waals surface area contributed by atoms with E-state index < -0.39 is 27.4 Å². The maximum Gasteiger partial charge on any atom is 0.338 e. The molecule has 2 N–H and O–H groups in total. The first-order chi connectivity index (χ1) is 24.5. The molecule has 0 atom stereocenters. The Morgan fingerprint density at radius 3 is 2.14 bits per heavy atom. The van der Waals surface area contributed by atoms with E-state index in [1.807, 2.05) is 54.6 Å². The number of aromatic nitrogens is 1. The molecule has 0 fully saturated rings. The van der Waals surface area contributed by atoms with Crippen LogP contribution in [0.15, 0.2) is 115 Å². The van der Waals surface area contributed by atoms with E-state index in [1.54, 1.807) is 12.1 Å². The average Bonchev–Trinajstić information content (AvgIpc) is 3.38. The zero-order chi connectivity index (χ0) is 36.1. The highest BCUT2D eigenvalue weighted by Gasteiger charge is 2.26. The van der Waals surface area contributed by atoms with Gasteiger partial charge in [0.1, 0.15) is 11.6 Å². The predicted molar refractivity (Wildman–Crippen MR) is 200 cm³/mol. The van der Waals surface area contributed by atoms with Gasteiger partial charge in [0, 0.05) is 47.1 Å². The van der Waals surface area contributed by atoms with E-state index in [-0.39, 0.29) is 35.7 Å². The summed E-state index contributed by atoms with van der Waals surface area (Å²) in [6.07, 6.45) is 0.661. The van der Waals surface area contributed by atoms with E-state index in [9.17, 15) is 22.7 Å². The van der Waals surface area contributed by atoms with Crippen molar-refractivity contribution in [1.29, 1.82) is 0 Å². The average molecular weight is 766 g/mol. The number of hydrogen-bond acceptors (Lipinski definition) is 4. The molecule has 0 bridgehead atoms. The van der Waals surface area contributed by atoms with Gasteiger partial charge in [-0.1, -0.05) is 102 Å². The Balaban J connectivity index is 1.40. The lowest BCUT2D eigenvalue weighted by atomic mass is 9.97. The number of sulfonamides is 1. The van der Waals surface area contributed by atoms with Crippen LogP contribution in [-0.2, 0) is 28.6 Å². The number of ether oxygens (including phenoxy) is 1. The zero-order valence-electron chi connectivity index (χ0n) is 27.0. The zero-order valence-corrected chi connectivity index (χ0v) is 30.1. The number of nitrogens with one attached hydrogen (secondary N) is 1. The smallest absolute Gasteiger partial charge is 0.338 e. The first kappa shape index (κ1) is 36.4. The lowest BCUT2D eigenvalue weighted by Crippen LogP contribution is -2.28. The van der Waals surface area contributed by atoms with Gasteiger partial charge in [0.05, 0.1) is 34.0 Å². The van der Waals surface area contributed by atoms with Crippen molar-refractivity contribution in [3.63, 3.8) is 0 Å². The van der Waals surface area contributed by atoms with Gasteiger partial charge in [-0.3, -0.25) is 0 Å². The van der Waals surface area contributed by atoms with E-state index >= 15 is 0 Å². The SMILES string of the molecule is O=C(O)c1ccc(OCCc2c(CCNS(=O)(=O)Cc3ccc(Cl)c(Cl)c3)n(C(c3ccccc3)c3ccccc3)c3ccc(Cl)cc23)cc1F. The molecule has 0 aliphatic rings. The highest BCUT2D eigenvalue weighted by atomic mass is 35.5. The Labute approximate surface area is 310 Å². The largest absolute Gasteiger partial charge is 0.493 e. The van der Waals surface area contributed by atoms with Gasteiger partial charge >= 0.3 is 5.97 Å². The molecule has 0 amide bonds. The molecule has 5 aromatic carbocycles. The van der Waals surface area contributed by atoms with Crippen molar-refractivity contribution < 1.29 is 27.4 Å². The van der Waals surface area contributed by atoms with Gasteiger partial charge < -0.3 is 14.4 Å². The molecule has 0 unspecified atom stereocenters. The van der Waals surface area contributed by atoms with E-state index in [2.05, 4.69) is 33.6 Å². The predicted octanol–water partition coefficient (Wildman–Crippen LogP) is 9.36. The van der Waals surface area contributed by atoms with Crippen molar-refractivity contribution in [1.82, 2.24) is 9.29 Å². The third-order valence-electron chi connectivity index (χ3n) is 8.49. The third kappa shape index (κ3) is 8.57. The summed E-state index contributed by atoms with van der Waals surface area (Å²) in [6, 6.07) is 33.8. The molecule has 0 aliphatic heterocycles. The van der Waals surface area contributed by atoms with Crippen molar-refractivity contribution in [3.8, 4) is 5.75 Å². The molecule has 0 spiro atoms. The number of hydrogen-bond donors (Lipinski definition) is 2.